The van der Waals surface area contributed by atoms with Crippen LogP contribution in [-0.2, 0) is 12.6 Å². The number of aromatic nitrogens is 5. The number of pyridine rings is 1. The van der Waals surface area contributed by atoms with Crippen LogP contribution in [0.4, 0.5) is 24.5 Å². The molecule has 4 rings (SSSR count). The molecule has 0 aliphatic rings. The average molecular weight is 590 g/mol. The number of carbonyl (C=O) groups excluding carboxylic acids is 2. The van der Waals surface area contributed by atoms with E-state index in [1.54, 1.807) is 0 Å². The second-order valence-electron chi connectivity index (χ2n) is 9.09. The lowest BCUT2D eigenvalue weighted by Gasteiger charge is -2.09. The number of nitrogens with two attached hydrogens (primary N) is 2. The third-order valence-corrected chi connectivity index (χ3v) is 6.34. The number of alkyl halides is 3. The van der Waals surface area contributed by atoms with E-state index < -0.39 is 17.8 Å². The van der Waals surface area contributed by atoms with Crippen LogP contribution in [0, 0.1) is 0 Å². The van der Waals surface area contributed by atoms with Crippen molar-refractivity contribution >= 4 is 34.8 Å². The number of carbonyl (C=O) groups is 2. The summed E-state index contributed by atoms with van der Waals surface area (Å²) in [6, 6.07) is 7.36. The van der Waals surface area contributed by atoms with Crippen molar-refractivity contribution in [2.45, 2.75) is 31.9 Å². The van der Waals surface area contributed by atoms with E-state index in [4.69, 9.17) is 23.1 Å². The summed E-state index contributed by atoms with van der Waals surface area (Å²) in [6.07, 6.45) is 0.165. The van der Waals surface area contributed by atoms with Crippen molar-refractivity contribution in [1.82, 2.24) is 30.5 Å². The molecular weight excluding hydrogens is 563 g/mol. The predicted octanol–water partition coefficient (Wildman–Crippen LogP) is 4.15. The molecule has 0 saturated heterocycles. The number of nitrogen functional groups attached to an aromatic ring is 1. The number of amides is 2. The quantitative estimate of drug-likeness (QED) is 0.142. The molecule has 0 aliphatic heterocycles. The lowest BCUT2D eigenvalue weighted by Crippen LogP contribution is -2.25. The van der Waals surface area contributed by atoms with E-state index in [1.165, 1.54) is 42.7 Å². The number of imidazole rings is 1. The van der Waals surface area contributed by atoms with Gasteiger partial charge in [-0.15, -0.1) is 0 Å². The van der Waals surface area contributed by atoms with Gasteiger partial charge in [0.25, 0.3) is 11.8 Å². The summed E-state index contributed by atoms with van der Waals surface area (Å²) in [7, 11) is 0. The molecule has 0 bridgehead atoms. The first-order valence-electron chi connectivity index (χ1n) is 12.6. The van der Waals surface area contributed by atoms with Gasteiger partial charge >= 0.3 is 6.18 Å². The standard InChI is InChI=1S/C26H27ClF3N9O2/c27-19-11-15(5-6-17(19)24(40)33-9-3-1-2-8-31)37-25(41)23-35-13-16(36-23)10-18-21(20-7-4-14(32)12-34-20)38-39-22(18)26(28,29)30/h4-7,11-13H,1-3,8-10,31-32H2,(H,33,40)(H,35,36)(H,37,41)(H,38,39). The van der Waals surface area contributed by atoms with Crippen molar-refractivity contribution < 1.29 is 22.8 Å². The maximum Gasteiger partial charge on any atom is 0.433 e. The van der Waals surface area contributed by atoms with Gasteiger partial charge in [0.2, 0.25) is 0 Å². The molecule has 11 nitrogen and oxygen atoms in total. The molecule has 41 heavy (non-hydrogen) atoms. The van der Waals surface area contributed by atoms with Gasteiger partial charge in [0.15, 0.2) is 5.82 Å². The van der Waals surface area contributed by atoms with Gasteiger partial charge in [-0.05, 0) is 49.7 Å². The zero-order valence-corrected chi connectivity index (χ0v) is 22.4. The van der Waals surface area contributed by atoms with Crippen LogP contribution in [0.15, 0.2) is 42.7 Å². The number of nitrogens with one attached hydrogen (secondary N) is 4. The highest BCUT2D eigenvalue weighted by Gasteiger charge is 2.37. The van der Waals surface area contributed by atoms with Crippen LogP contribution in [-0.4, -0.2) is 50.1 Å². The molecule has 3 aromatic heterocycles. The van der Waals surface area contributed by atoms with Crippen LogP contribution in [0.1, 0.15) is 57.2 Å². The molecular formula is C26H27ClF3N9O2. The van der Waals surface area contributed by atoms with Gasteiger partial charge in [0.1, 0.15) is 11.4 Å². The molecule has 4 aromatic rings. The van der Waals surface area contributed by atoms with E-state index >= 15 is 0 Å². The highest BCUT2D eigenvalue weighted by atomic mass is 35.5. The third kappa shape index (κ3) is 7.41. The number of nitrogens with zero attached hydrogens (tertiary/aromatic N) is 3. The van der Waals surface area contributed by atoms with Crippen molar-refractivity contribution in [1.29, 1.82) is 0 Å². The van der Waals surface area contributed by atoms with Gasteiger partial charge < -0.3 is 27.1 Å². The minimum Gasteiger partial charge on any atom is -0.397 e. The number of benzene rings is 1. The highest BCUT2D eigenvalue weighted by Crippen LogP contribution is 2.35. The Morgan fingerprint density at radius 1 is 1.02 bits per heavy atom. The van der Waals surface area contributed by atoms with Gasteiger partial charge in [0.05, 0.1) is 28.2 Å². The fourth-order valence-electron chi connectivity index (χ4n) is 3.99. The smallest absolute Gasteiger partial charge is 0.397 e. The van der Waals surface area contributed by atoms with E-state index in [2.05, 4.69) is 30.7 Å². The number of unbranched alkanes of at least 4 members (excludes halogenated alkanes) is 2. The number of H-pyrrole nitrogens is 2. The summed E-state index contributed by atoms with van der Waals surface area (Å²) in [5.74, 6) is -1.14. The maximum absolute atomic E-state index is 13.7. The molecule has 1 aromatic carbocycles. The summed E-state index contributed by atoms with van der Waals surface area (Å²) < 4.78 is 41.1. The lowest BCUT2D eigenvalue weighted by molar-refractivity contribution is -0.141. The van der Waals surface area contributed by atoms with Crippen LogP contribution in [0.2, 0.25) is 5.02 Å². The fraction of sp³-hybridized carbons (Fsp3) is 0.269. The van der Waals surface area contributed by atoms with Gasteiger partial charge in [0, 0.05) is 36.1 Å². The Balaban J connectivity index is 1.45. The summed E-state index contributed by atoms with van der Waals surface area (Å²) in [4.78, 5) is 36.0. The molecule has 0 atom stereocenters. The molecule has 216 valence electrons. The van der Waals surface area contributed by atoms with Crippen molar-refractivity contribution in [2.24, 2.45) is 5.73 Å². The largest absolute Gasteiger partial charge is 0.433 e. The van der Waals surface area contributed by atoms with Gasteiger partial charge in [-0.25, -0.2) is 4.98 Å². The SMILES string of the molecule is NCCCCCNC(=O)c1ccc(NC(=O)c2ncc(Cc3c(-c4ccc(N)cn4)n[nH]c3C(F)(F)F)[nH]2)cc1Cl. The molecule has 8 N–H and O–H groups in total. The van der Waals surface area contributed by atoms with Crippen LogP contribution in [0.5, 0.6) is 0 Å². The molecule has 0 aliphatic carbocycles. The number of hydrogen-bond acceptors (Lipinski definition) is 7. The fourth-order valence-corrected chi connectivity index (χ4v) is 4.26. The number of rotatable bonds is 11. The summed E-state index contributed by atoms with van der Waals surface area (Å²) in [5, 5.41) is 11.4. The van der Waals surface area contributed by atoms with Crippen LogP contribution < -0.4 is 22.1 Å². The average Bonchev–Trinajstić information content (AvgIpc) is 3.57. The molecule has 0 fully saturated rings. The Morgan fingerprint density at radius 3 is 2.51 bits per heavy atom. The van der Waals surface area contributed by atoms with Crippen LogP contribution >= 0.6 is 11.6 Å². The Morgan fingerprint density at radius 2 is 1.83 bits per heavy atom. The monoisotopic (exact) mass is 589 g/mol. The molecule has 0 unspecified atom stereocenters. The van der Waals surface area contributed by atoms with E-state index in [0.717, 1.165) is 19.3 Å². The molecule has 0 saturated carbocycles. The van der Waals surface area contributed by atoms with E-state index in [-0.39, 0.29) is 51.4 Å². The minimum absolute atomic E-state index is 0.00717. The Kier molecular flexibility index (Phi) is 9.24. The minimum atomic E-state index is -4.71. The highest BCUT2D eigenvalue weighted by molar-refractivity contribution is 6.34. The topological polar surface area (TPSA) is 180 Å². The zero-order valence-electron chi connectivity index (χ0n) is 21.6. The Labute approximate surface area is 237 Å². The summed E-state index contributed by atoms with van der Waals surface area (Å²) in [5.41, 5.74) is 11.2. The Bertz CT molecular complexity index is 1520. The Hall–Kier alpha value is -4.43. The van der Waals surface area contributed by atoms with Gasteiger partial charge in [-0.3, -0.25) is 19.7 Å². The van der Waals surface area contributed by atoms with Crippen LogP contribution in [0.25, 0.3) is 11.4 Å². The molecule has 3 heterocycles. The van der Waals surface area contributed by atoms with Gasteiger partial charge in [-0.2, -0.15) is 18.3 Å². The first kappa shape index (κ1) is 29.6. The number of aromatic amines is 2. The third-order valence-electron chi connectivity index (χ3n) is 6.03. The zero-order chi connectivity index (χ0) is 29.6. The first-order chi connectivity index (χ1) is 19.6. The van der Waals surface area contributed by atoms with Crippen molar-refractivity contribution in [2.75, 3.05) is 24.1 Å². The first-order valence-corrected chi connectivity index (χ1v) is 12.9. The van der Waals surface area contributed by atoms with Crippen molar-refractivity contribution in [3.05, 3.63) is 76.1 Å². The second kappa shape index (κ2) is 12.8. The molecule has 0 spiro atoms. The number of anilines is 2. The summed E-state index contributed by atoms with van der Waals surface area (Å²) >= 11 is 6.26. The van der Waals surface area contributed by atoms with Gasteiger partial charge in [-0.1, -0.05) is 18.0 Å². The molecule has 15 heteroatoms. The number of hydrogen-bond donors (Lipinski definition) is 6. The van der Waals surface area contributed by atoms with E-state index in [1.807, 2.05) is 5.10 Å². The maximum atomic E-state index is 13.7. The van der Waals surface area contributed by atoms with E-state index in [0.29, 0.717) is 24.5 Å². The van der Waals surface area contributed by atoms with Crippen LogP contribution in [0.3, 0.4) is 0 Å². The van der Waals surface area contributed by atoms with Crippen molar-refractivity contribution in [3.8, 4) is 11.4 Å². The summed E-state index contributed by atoms with van der Waals surface area (Å²) in [6.45, 7) is 1.08. The van der Waals surface area contributed by atoms with Crippen molar-refractivity contribution in [3.63, 3.8) is 0 Å². The second-order valence-corrected chi connectivity index (χ2v) is 9.50. The lowest BCUT2D eigenvalue weighted by atomic mass is 10.0. The molecule has 2 amide bonds. The predicted molar refractivity (Wildman–Crippen MR) is 147 cm³/mol. The normalized spacial score (nSPS) is 11.4. The number of halogens is 4. The van der Waals surface area contributed by atoms with E-state index in [9.17, 15) is 22.8 Å². The molecule has 0 radical (unpaired) electrons.